The van der Waals surface area contributed by atoms with Crippen molar-refractivity contribution in [1.82, 2.24) is 5.16 Å². The summed E-state index contributed by atoms with van der Waals surface area (Å²) in [5, 5.41) is 4.07. The van der Waals surface area contributed by atoms with Gasteiger partial charge in [0.1, 0.15) is 5.69 Å². The first-order valence-electron chi connectivity index (χ1n) is 10.1. The minimum atomic E-state index is -0.396. The molecule has 0 atom stereocenters. The molecular formula is C25H22BrNO3. The van der Waals surface area contributed by atoms with E-state index in [4.69, 9.17) is 9.26 Å². The Morgan fingerprint density at radius 2 is 2.00 bits per heavy atom. The van der Waals surface area contributed by atoms with Crippen molar-refractivity contribution < 1.29 is 14.1 Å². The molecule has 4 nitrogen and oxygen atoms in total. The van der Waals surface area contributed by atoms with Crippen molar-refractivity contribution in [3.05, 3.63) is 75.5 Å². The van der Waals surface area contributed by atoms with Gasteiger partial charge in [0.15, 0.2) is 12.4 Å². The second-order valence-corrected chi connectivity index (χ2v) is 8.37. The maximum atomic E-state index is 12.5. The number of ether oxygens (including phenoxy) is 1. The number of hydrogen-bond donors (Lipinski definition) is 0. The third-order valence-corrected chi connectivity index (χ3v) is 5.97. The molecule has 152 valence electrons. The van der Waals surface area contributed by atoms with Crippen molar-refractivity contribution in [3.8, 4) is 23.1 Å². The second-order valence-electron chi connectivity index (χ2n) is 7.51. The molecule has 30 heavy (non-hydrogen) atoms. The van der Waals surface area contributed by atoms with Gasteiger partial charge in [-0.1, -0.05) is 64.0 Å². The Kier molecular flexibility index (Phi) is 6.35. The lowest BCUT2D eigenvalue weighted by molar-refractivity contribution is 0.0437. The highest BCUT2D eigenvalue weighted by molar-refractivity contribution is 9.10. The van der Waals surface area contributed by atoms with Crippen LogP contribution in [0.25, 0.3) is 11.3 Å². The molecule has 1 aliphatic rings. The summed E-state index contributed by atoms with van der Waals surface area (Å²) < 4.78 is 11.7. The van der Waals surface area contributed by atoms with Crippen molar-refractivity contribution in [1.29, 1.82) is 0 Å². The molecule has 0 amide bonds. The highest BCUT2D eigenvalue weighted by atomic mass is 79.9. The van der Waals surface area contributed by atoms with E-state index in [9.17, 15) is 4.79 Å². The van der Waals surface area contributed by atoms with Gasteiger partial charge >= 0.3 is 5.97 Å². The lowest BCUT2D eigenvalue weighted by Crippen LogP contribution is -2.05. The summed E-state index contributed by atoms with van der Waals surface area (Å²) >= 11 is 3.50. The van der Waals surface area contributed by atoms with E-state index in [0.29, 0.717) is 22.9 Å². The first kappa shape index (κ1) is 20.4. The van der Waals surface area contributed by atoms with Gasteiger partial charge in [-0.25, -0.2) is 4.79 Å². The molecule has 1 aromatic heterocycles. The lowest BCUT2D eigenvalue weighted by Gasteiger charge is -2.05. The summed E-state index contributed by atoms with van der Waals surface area (Å²) in [5.74, 6) is 7.24. The molecule has 0 radical (unpaired) electrons. The van der Waals surface area contributed by atoms with Crippen molar-refractivity contribution in [2.45, 2.75) is 39.2 Å². The second kappa shape index (κ2) is 9.32. The molecule has 0 aliphatic heterocycles. The van der Waals surface area contributed by atoms with Crippen LogP contribution in [0.2, 0.25) is 0 Å². The van der Waals surface area contributed by atoms with Gasteiger partial charge in [0, 0.05) is 27.6 Å². The fourth-order valence-corrected chi connectivity index (χ4v) is 4.07. The number of rotatable bonds is 4. The quantitative estimate of drug-likeness (QED) is 0.335. The SMILES string of the molecule is Cc1cc(C(=O)OCc2cc(-c3ccccc3Br)no2)ccc1C#CC1CCCC1. The normalized spacial score (nSPS) is 13.7. The topological polar surface area (TPSA) is 52.3 Å². The zero-order valence-electron chi connectivity index (χ0n) is 16.8. The van der Waals surface area contributed by atoms with Gasteiger partial charge in [0.2, 0.25) is 0 Å². The molecular weight excluding hydrogens is 442 g/mol. The lowest BCUT2D eigenvalue weighted by atomic mass is 10.0. The average Bonchev–Trinajstić information content (AvgIpc) is 3.43. The molecule has 0 N–H and O–H groups in total. The van der Waals surface area contributed by atoms with E-state index < -0.39 is 5.97 Å². The van der Waals surface area contributed by atoms with Crippen molar-refractivity contribution in [2.75, 3.05) is 0 Å². The van der Waals surface area contributed by atoms with Crippen LogP contribution in [0.5, 0.6) is 0 Å². The molecule has 1 aliphatic carbocycles. The van der Waals surface area contributed by atoms with Crippen LogP contribution >= 0.6 is 15.9 Å². The number of hydrogen-bond acceptors (Lipinski definition) is 4. The average molecular weight is 464 g/mol. The van der Waals surface area contributed by atoms with Gasteiger partial charge < -0.3 is 9.26 Å². The Hall–Kier alpha value is -2.84. The molecule has 5 heteroatoms. The summed E-state index contributed by atoms with van der Waals surface area (Å²) in [6.07, 6.45) is 4.94. The largest absolute Gasteiger partial charge is 0.454 e. The Bertz CT molecular complexity index is 1120. The number of carbonyl (C=O) groups excluding carboxylic acids is 1. The number of benzene rings is 2. The van der Waals surface area contributed by atoms with E-state index in [-0.39, 0.29) is 6.61 Å². The van der Waals surface area contributed by atoms with E-state index in [1.165, 1.54) is 25.7 Å². The third-order valence-electron chi connectivity index (χ3n) is 5.28. The van der Waals surface area contributed by atoms with Gasteiger partial charge in [-0.3, -0.25) is 0 Å². The summed E-state index contributed by atoms with van der Waals surface area (Å²) in [6.45, 7) is 1.99. The molecule has 2 aromatic carbocycles. The summed E-state index contributed by atoms with van der Waals surface area (Å²) in [4.78, 5) is 12.5. The molecule has 1 heterocycles. The van der Waals surface area contributed by atoms with Crippen LogP contribution in [0, 0.1) is 24.7 Å². The Morgan fingerprint density at radius 1 is 1.20 bits per heavy atom. The number of esters is 1. The minimum Gasteiger partial charge on any atom is -0.454 e. The van der Waals surface area contributed by atoms with E-state index in [0.717, 1.165) is 21.2 Å². The van der Waals surface area contributed by atoms with E-state index in [1.54, 1.807) is 12.1 Å². The Labute approximate surface area is 184 Å². The van der Waals surface area contributed by atoms with Gasteiger partial charge in [-0.15, -0.1) is 0 Å². The summed E-state index contributed by atoms with van der Waals surface area (Å²) in [7, 11) is 0. The van der Waals surface area contributed by atoms with E-state index >= 15 is 0 Å². The highest BCUT2D eigenvalue weighted by Crippen LogP contribution is 2.27. The van der Waals surface area contributed by atoms with Crippen LogP contribution in [0.1, 0.15) is 52.9 Å². The first-order chi connectivity index (χ1) is 14.6. The van der Waals surface area contributed by atoms with Crippen molar-refractivity contribution >= 4 is 21.9 Å². The van der Waals surface area contributed by atoms with E-state index in [2.05, 4.69) is 32.9 Å². The number of halogens is 1. The molecule has 0 saturated heterocycles. The van der Waals surface area contributed by atoms with Gasteiger partial charge in [-0.05, 0) is 49.6 Å². The zero-order valence-corrected chi connectivity index (χ0v) is 18.4. The van der Waals surface area contributed by atoms with Crippen molar-refractivity contribution in [2.24, 2.45) is 5.92 Å². The maximum absolute atomic E-state index is 12.5. The Morgan fingerprint density at radius 3 is 2.77 bits per heavy atom. The molecule has 3 aromatic rings. The monoisotopic (exact) mass is 463 g/mol. The highest BCUT2D eigenvalue weighted by Gasteiger charge is 2.14. The summed E-state index contributed by atoms with van der Waals surface area (Å²) in [5.41, 5.74) is 4.06. The predicted octanol–water partition coefficient (Wildman–Crippen LogP) is 6.31. The molecule has 0 unspecified atom stereocenters. The van der Waals surface area contributed by atoms with Crippen LogP contribution in [0.15, 0.2) is 57.5 Å². The van der Waals surface area contributed by atoms with Crippen LogP contribution in [-0.2, 0) is 11.3 Å². The number of aryl methyl sites for hydroxylation is 1. The fourth-order valence-electron chi connectivity index (χ4n) is 3.58. The van der Waals surface area contributed by atoms with Crippen molar-refractivity contribution in [3.63, 3.8) is 0 Å². The van der Waals surface area contributed by atoms with Gasteiger partial charge in [0.25, 0.3) is 0 Å². The third kappa shape index (κ3) is 4.83. The molecule has 0 spiro atoms. The van der Waals surface area contributed by atoms with E-state index in [1.807, 2.05) is 43.3 Å². The van der Waals surface area contributed by atoms with Gasteiger partial charge in [0.05, 0.1) is 5.56 Å². The van der Waals surface area contributed by atoms with Crippen LogP contribution in [-0.4, -0.2) is 11.1 Å². The molecule has 1 saturated carbocycles. The van der Waals surface area contributed by atoms with Crippen LogP contribution < -0.4 is 0 Å². The molecule has 0 bridgehead atoms. The standard InChI is InChI=1S/C25H22BrNO3/c1-17-14-20(13-12-19(17)11-10-18-6-2-3-7-18)25(28)29-16-21-15-24(27-30-21)22-8-4-5-9-23(22)26/h4-5,8-9,12-15,18H,2-3,6-7,16H2,1H3. The fraction of sp³-hybridized carbons (Fsp3) is 0.280. The predicted molar refractivity (Wildman–Crippen MR) is 119 cm³/mol. The Balaban J connectivity index is 1.38. The van der Waals surface area contributed by atoms with Crippen LogP contribution in [0.3, 0.4) is 0 Å². The van der Waals surface area contributed by atoms with Crippen LogP contribution in [0.4, 0.5) is 0 Å². The maximum Gasteiger partial charge on any atom is 0.338 e. The molecule has 1 fully saturated rings. The minimum absolute atomic E-state index is 0.0264. The number of nitrogens with zero attached hydrogens (tertiary/aromatic N) is 1. The van der Waals surface area contributed by atoms with Gasteiger partial charge in [-0.2, -0.15) is 0 Å². The number of aromatic nitrogens is 1. The summed E-state index contributed by atoms with van der Waals surface area (Å²) in [6, 6.07) is 15.0. The molecule has 4 rings (SSSR count). The number of carbonyl (C=O) groups is 1. The zero-order chi connectivity index (χ0) is 20.9. The smallest absolute Gasteiger partial charge is 0.338 e. The first-order valence-corrected chi connectivity index (χ1v) is 10.9.